The number of fused-ring (bicyclic) bond motifs is 1. The molecule has 3 N–H and O–H groups in total. The standard InChI is InChI=1S/C21H26N2O3/c1-4-9-23(15-5-6-18-14(10-15)7-8-22-18)21(26)17-11-16(13(2)3)19(24)12-20(17)25/h5-6,10-13,22,24-25H,4,7-9H2,1-3H3. The molecule has 0 atom stereocenters. The van der Waals surface area contributed by atoms with Gasteiger partial charge < -0.3 is 20.4 Å². The van der Waals surface area contributed by atoms with Gasteiger partial charge in [0.25, 0.3) is 5.91 Å². The van der Waals surface area contributed by atoms with Gasteiger partial charge in [-0.3, -0.25) is 4.79 Å². The summed E-state index contributed by atoms with van der Waals surface area (Å²) in [5.74, 6) is -0.384. The topological polar surface area (TPSA) is 72.8 Å². The normalized spacial score (nSPS) is 12.8. The molecule has 0 saturated heterocycles. The van der Waals surface area contributed by atoms with E-state index in [0.717, 1.165) is 30.8 Å². The summed E-state index contributed by atoms with van der Waals surface area (Å²) in [5, 5.41) is 23.6. The monoisotopic (exact) mass is 354 g/mol. The zero-order valence-corrected chi connectivity index (χ0v) is 15.5. The fraction of sp³-hybridized carbons (Fsp3) is 0.381. The molecule has 138 valence electrons. The van der Waals surface area contributed by atoms with E-state index in [-0.39, 0.29) is 28.9 Å². The molecule has 2 aromatic carbocycles. The van der Waals surface area contributed by atoms with Crippen LogP contribution in [-0.4, -0.2) is 29.2 Å². The summed E-state index contributed by atoms with van der Waals surface area (Å²) in [5.41, 5.74) is 4.03. The number of benzene rings is 2. The van der Waals surface area contributed by atoms with Gasteiger partial charge in [-0.2, -0.15) is 0 Å². The van der Waals surface area contributed by atoms with Crippen molar-refractivity contribution in [1.29, 1.82) is 0 Å². The lowest BCUT2D eigenvalue weighted by molar-refractivity contribution is 0.0984. The van der Waals surface area contributed by atoms with Crippen LogP contribution in [0.1, 0.15) is 54.6 Å². The van der Waals surface area contributed by atoms with Crippen LogP contribution in [0, 0.1) is 0 Å². The van der Waals surface area contributed by atoms with Crippen LogP contribution in [0.15, 0.2) is 30.3 Å². The van der Waals surface area contributed by atoms with Crippen LogP contribution in [0.5, 0.6) is 11.5 Å². The third-order valence-corrected chi connectivity index (χ3v) is 4.80. The molecule has 1 amide bonds. The Bertz CT molecular complexity index is 830. The number of nitrogens with zero attached hydrogens (tertiary/aromatic N) is 1. The van der Waals surface area contributed by atoms with E-state index in [0.29, 0.717) is 12.1 Å². The fourth-order valence-corrected chi connectivity index (χ4v) is 3.40. The molecule has 0 aliphatic carbocycles. The summed E-state index contributed by atoms with van der Waals surface area (Å²) in [4.78, 5) is 14.9. The molecule has 0 saturated carbocycles. The Kier molecular flexibility index (Phi) is 5.07. The predicted octanol–water partition coefficient (Wildman–Crippen LogP) is 4.25. The van der Waals surface area contributed by atoms with Gasteiger partial charge in [-0.15, -0.1) is 0 Å². The summed E-state index contributed by atoms with van der Waals surface area (Å²) < 4.78 is 0. The predicted molar refractivity (Wildman–Crippen MR) is 104 cm³/mol. The number of rotatable bonds is 5. The number of amides is 1. The fourth-order valence-electron chi connectivity index (χ4n) is 3.40. The van der Waals surface area contributed by atoms with Gasteiger partial charge in [0.1, 0.15) is 11.5 Å². The van der Waals surface area contributed by atoms with E-state index in [2.05, 4.69) is 5.32 Å². The van der Waals surface area contributed by atoms with Gasteiger partial charge in [0.2, 0.25) is 0 Å². The molecule has 26 heavy (non-hydrogen) atoms. The van der Waals surface area contributed by atoms with Gasteiger partial charge in [0, 0.05) is 30.5 Å². The Labute approximate surface area is 154 Å². The van der Waals surface area contributed by atoms with Gasteiger partial charge >= 0.3 is 0 Å². The minimum Gasteiger partial charge on any atom is -0.508 e. The third-order valence-electron chi connectivity index (χ3n) is 4.80. The number of carbonyl (C=O) groups excluding carboxylic acids is 1. The summed E-state index contributed by atoms with van der Waals surface area (Å²) in [6.45, 7) is 7.38. The quantitative estimate of drug-likeness (QED) is 0.751. The van der Waals surface area contributed by atoms with E-state index >= 15 is 0 Å². The Morgan fingerprint density at radius 1 is 1.19 bits per heavy atom. The Morgan fingerprint density at radius 3 is 2.65 bits per heavy atom. The number of hydrogen-bond acceptors (Lipinski definition) is 4. The van der Waals surface area contributed by atoms with Gasteiger partial charge in [-0.25, -0.2) is 0 Å². The molecule has 1 heterocycles. The molecular formula is C21H26N2O3. The summed E-state index contributed by atoms with van der Waals surface area (Å²) in [6.07, 6.45) is 1.75. The van der Waals surface area contributed by atoms with E-state index in [1.54, 1.807) is 11.0 Å². The molecule has 2 aromatic rings. The molecule has 0 fully saturated rings. The van der Waals surface area contributed by atoms with Crippen LogP contribution >= 0.6 is 0 Å². The van der Waals surface area contributed by atoms with Crippen molar-refractivity contribution in [3.63, 3.8) is 0 Å². The van der Waals surface area contributed by atoms with Gasteiger partial charge in [-0.05, 0) is 54.2 Å². The molecule has 0 spiro atoms. The lowest BCUT2D eigenvalue weighted by Gasteiger charge is -2.24. The molecular weight excluding hydrogens is 328 g/mol. The van der Waals surface area contributed by atoms with E-state index in [1.807, 2.05) is 39.0 Å². The van der Waals surface area contributed by atoms with Crippen LogP contribution in [0.3, 0.4) is 0 Å². The first-order chi connectivity index (χ1) is 12.4. The van der Waals surface area contributed by atoms with E-state index < -0.39 is 0 Å². The number of hydrogen-bond donors (Lipinski definition) is 3. The Balaban J connectivity index is 2.01. The maximum atomic E-state index is 13.2. The van der Waals surface area contributed by atoms with Crippen molar-refractivity contribution >= 4 is 17.3 Å². The van der Waals surface area contributed by atoms with Crippen molar-refractivity contribution in [3.05, 3.63) is 47.0 Å². The second-order valence-electron chi connectivity index (χ2n) is 7.06. The Morgan fingerprint density at radius 2 is 1.96 bits per heavy atom. The summed E-state index contributed by atoms with van der Waals surface area (Å²) >= 11 is 0. The summed E-state index contributed by atoms with van der Waals surface area (Å²) in [6, 6.07) is 8.85. The number of anilines is 2. The first-order valence-corrected chi connectivity index (χ1v) is 9.17. The largest absolute Gasteiger partial charge is 0.508 e. The van der Waals surface area contributed by atoms with E-state index in [4.69, 9.17) is 0 Å². The van der Waals surface area contributed by atoms with Gasteiger partial charge in [-0.1, -0.05) is 20.8 Å². The average Bonchev–Trinajstić information content (AvgIpc) is 3.06. The van der Waals surface area contributed by atoms with Crippen LogP contribution in [0.25, 0.3) is 0 Å². The zero-order valence-electron chi connectivity index (χ0n) is 15.5. The molecule has 1 aliphatic heterocycles. The number of aromatic hydroxyl groups is 2. The van der Waals surface area contributed by atoms with Crippen molar-refractivity contribution in [3.8, 4) is 11.5 Å². The van der Waals surface area contributed by atoms with Crippen molar-refractivity contribution in [2.45, 2.75) is 39.5 Å². The van der Waals surface area contributed by atoms with Crippen molar-refractivity contribution in [1.82, 2.24) is 0 Å². The number of phenolic OH excluding ortho intramolecular Hbond substituents is 2. The van der Waals surface area contributed by atoms with E-state index in [9.17, 15) is 15.0 Å². The SMILES string of the molecule is CCCN(C(=O)c1cc(C(C)C)c(O)cc1O)c1ccc2c(c1)CCN2. The maximum absolute atomic E-state index is 13.2. The first-order valence-electron chi connectivity index (χ1n) is 9.17. The minimum absolute atomic E-state index is 0.0136. The summed E-state index contributed by atoms with van der Waals surface area (Å²) in [7, 11) is 0. The van der Waals surface area contributed by atoms with Crippen LogP contribution in [0.2, 0.25) is 0 Å². The van der Waals surface area contributed by atoms with Gasteiger partial charge in [0.05, 0.1) is 5.56 Å². The highest BCUT2D eigenvalue weighted by Crippen LogP contribution is 2.34. The zero-order chi connectivity index (χ0) is 18.8. The molecule has 5 heteroatoms. The van der Waals surface area contributed by atoms with Crippen LogP contribution in [0.4, 0.5) is 11.4 Å². The minimum atomic E-state index is -0.253. The molecule has 0 unspecified atom stereocenters. The molecule has 3 rings (SSSR count). The molecule has 1 aliphatic rings. The Hall–Kier alpha value is -2.69. The lowest BCUT2D eigenvalue weighted by Crippen LogP contribution is -2.32. The first kappa shape index (κ1) is 18.1. The molecule has 0 radical (unpaired) electrons. The lowest BCUT2D eigenvalue weighted by atomic mass is 9.98. The third kappa shape index (κ3) is 3.34. The van der Waals surface area contributed by atoms with Crippen LogP contribution < -0.4 is 10.2 Å². The van der Waals surface area contributed by atoms with Gasteiger partial charge in [0.15, 0.2) is 0 Å². The van der Waals surface area contributed by atoms with Crippen molar-refractivity contribution in [2.75, 3.05) is 23.3 Å². The number of nitrogens with one attached hydrogen (secondary N) is 1. The molecule has 0 bridgehead atoms. The highest BCUT2D eigenvalue weighted by Gasteiger charge is 2.24. The van der Waals surface area contributed by atoms with Crippen molar-refractivity contribution in [2.24, 2.45) is 0 Å². The smallest absolute Gasteiger partial charge is 0.262 e. The molecule has 0 aromatic heterocycles. The highest BCUT2D eigenvalue weighted by atomic mass is 16.3. The second-order valence-corrected chi connectivity index (χ2v) is 7.06. The average molecular weight is 354 g/mol. The number of phenols is 2. The number of carbonyl (C=O) groups is 1. The van der Waals surface area contributed by atoms with E-state index in [1.165, 1.54) is 11.6 Å². The van der Waals surface area contributed by atoms with Crippen molar-refractivity contribution < 1.29 is 15.0 Å². The second kappa shape index (κ2) is 7.28. The van der Waals surface area contributed by atoms with Crippen LogP contribution in [-0.2, 0) is 6.42 Å². The highest BCUT2D eigenvalue weighted by molar-refractivity contribution is 6.08. The maximum Gasteiger partial charge on any atom is 0.262 e. The molecule has 5 nitrogen and oxygen atoms in total.